The van der Waals surface area contributed by atoms with Gasteiger partial charge in [-0.1, -0.05) is 0 Å². The van der Waals surface area contributed by atoms with E-state index in [2.05, 4.69) is 6.58 Å². The van der Waals surface area contributed by atoms with E-state index < -0.39 is 37.5 Å². The maximum absolute atomic E-state index is 13.0. The lowest BCUT2D eigenvalue weighted by Crippen LogP contribution is -2.64. The van der Waals surface area contributed by atoms with Crippen LogP contribution in [0.15, 0.2) is 25.2 Å². The maximum atomic E-state index is 13.0. The van der Waals surface area contributed by atoms with Crippen molar-refractivity contribution in [3.8, 4) is 0 Å². The molecule has 0 N–H and O–H groups in total. The molecule has 0 amide bonds. The molecule has 1 unspecified atom stereocenters. The van der Waals surface area contributed by atoms with Crippen molar-refractivity contribution >= 4 is 10.0 Å². The van der Waals surface area contributed by atoms with Gasteiger partial charge in [0.25, 0.3) is 0 Å². The van der Waals surface area contributed by atoms with Crippen LogP contribution in [-0.2, 0) is 10.0 Å². The first-order chi connectivity index (χ1) is 9.32. The Labute approximate surface area is 116 Å². The predicted octanol–water partition coefficient (Wildman–Crippen LogP) is 2.30. The highest BCUT2D eigenvalue weighted by molar-refractivity contribution is 7.89. The van der Waals surface area contributed by atoms with E-state index >= 15 is 0 Å². The maximum Gasteiger partial charge on any atom is 0.520 e. The zero-order valence-corrected chi connectivity index (χ0v) is 11.5. The Morgan fingerprint density at radius 1 is 1.33 bits per heavy atom. The molecule has 1 aliphatic heterocycles. The van der Waals surface area contributed by atoms with Crippen LogP contribution in [0.5, 0.6) is 0 Å². The summed E-state index contributed by atoms with van der Waals surface area (Å²) in [6, 6.07) is 0. The molecule has 1 atom stereocenters. The minimum Gasteiger partial charge on any atom is -0.325 e. The molecule has 122 valence electrons. The van der Waals surface area contributed by atoms with Gasteiger partial charge in [-0.05, 0) is 13.5 Å². The van der Waals surface area contributed by atoms with Crippen LogP contribution in [0.1, 0.15) is 6.92 Å². The standard InChI is InChI=1S/C9H12F6N3O2S/c1-3-16-5-6-18(4-2,7-16)17(8(10,11)12)21(19,20)9(13,14)15/h4-6H,2-3,7H2,1H3/q+1. The largest absolute Gasteiger partial charge is 0.520 e. The molecular weight excluding hydrogens is 328 g/mol. The fourth-order valence-electron chi connectivity index (χ4n) is 1.76. The fourth-order valence-corrected chi connectivity index (χ4v) is 2.80. The molecule has 0 spiro atoms. The van der Waals surface area contributed by atoms with E-state index in [0.29, 0.717) is 12.4 Å². The molecule has 0 fully saturated rings. The molecule has 5 nitrogen and oxygen atoms in total. The van der Waals surface area contributed by atoms with Gasteiger partial charge in [0, 0.05) is 6.54 Å². The Morgan fingerprint density at radius 2 is 1.86 bits per heavy atom. The molecule has 0 aromatic rings. The number of sulfonamides is 1. The highest BCUT2D eigenvalue weighted by Gasteiger charge is 2.68. The lowest BCUT2D eigenvalue weighted by molar-refractivity contribution is -0.950. The zero-order valence-electron chi connectivity index (χ0n) is 10.7. The Hall–Kier alpha value is -1.27. The summed E-state index contributed by atoms with van der Waals surface area (Å²) >= 11 is 0. The van der Waals surface area contributed by atoms with Crippen molar-refractivity contribution in [3.63, 3.8) is 0 Å². The third-order valence-corrected chi connectivity index (χ3v) is 4.29. The van der Waals surface area contributed by atoms with Crippen LogP contribution in [0.25, 0.3) is 0 Å². The van der Waals surface area contributed by atoms with E-state index in [9.17, 15) is 34.8 Å². The first-order valence-electron chi connectivity index (χ1n) is 5.45. The highest BCUT2D eigenvalue weighted by atomic mass is 32.2. The summed E-state index contributed by atoms with van der Waals surface area (Å²) in [6.07, 6.45) is -3.56. The summed E-state index contributed by atoms with van der Waals surface area (Å²) in [7, 11) is -6.65. The number of nitrogens with zero attached hydrogens (tertiary/aromatic N) is 3. The number of hydrogen-bond acceptors (Lipinski definition) is 3. The molecule has 1 rings (SSSR count). The van der Waals surface area contributed by atoms with Gasteiger partial charge >= 0.3 is 21.8 Å². The lowest BCUT2D eigenvalue weighted by atomic mass is 10.6. The average molecular weight is 340 g/mol. The Kier molecular flexibility index (Phi) is 4.38. The van der Waals surface area contributed by atoms with E-state index in [0.717, 1.165) is 6.20 Å². The monoisotopic (exact) mass is 340 g/mol. The van der Waals surface area contributed by atoms with Gasteiger partial charge in [0.15, 0.2) is 6.67 Å². The van der Waals surface area contributed by atoms with Crippen molar-refractivity contribution in [2.24, 2.45) is 0 Å². The lowest BCUT2D eigenvalue weighted by Gasteiger charge is -2.37. The van der Waals surface area contributed by atoms with Crippen molar-refractivity contribution < 1.29 is 39.4 Å². The molecule has 0 bridgehead atoms. The average Bonchev–Trinajstić information content (AvgIpc) is 2.70. The molecule has 0 saturated carbocycles. The molecule has 0 aromatic heterocycles. The van der Waals surface area contributed by atoms with Crippen LogP contribution in [0, 0.1) is 0 Å². The first kappa shape index (κ1) is 17.8. The summed E-state index contributed by atoms with van der Waals surface area (Å²) in [5.74, 6) is 0. The van der Waals surface area contributed by atoms with Gasteiger partial charge in [0.2, 0.25) is 0 Å². The Morgan fingerprint density at radius 3 is 2.14 bits per heavy atom. The molecule has 0 aliphatic carbocycles. The van der Waals surface area contributed by atoms with E-state index in [1.54, 1.807) is 6.92 Å². The summed E-state index contributed by atoms with van der Waals surface area (Å²) in [6.45, 7) is 4.09. The summed E-state index contributed by atoms with van der Waals surface area (Å²) in [4.78, 5) is 1.21. The van der Waals surface area contributed by atoms with Gasteiger partial charge in [0.05, 0.1) is 10.6 Å². The van der Waals surface area contributed by atoms with E-state index in [-0.39, 0.29) is 6.54 Å². The molecule has 21 heavy (non-hydrogen) atoms. The van der Waals surface area contributed by atoms with Gasteiger partial charge < -0.3 is 4.90 Å². The minimum atomic E-state index is -6.65. The summed E-state index contributed by atoms with van der Waals surface area (Å²) in [5, 5.41) is 0. The van der Waals surface area contributed by atoms with Gasteiger partial charge in [-0.25, -0.2) is 0 Å². The Bertz CT molecular complexity index is 541. The number of quaternary nitrogens is 1. The number of halogens is 6. The Balaban J connectivity index is 3.48. The van der Waals surface area contributed by atoms with Gasteiger partial charge in [0.1, 0.15) is 12.4 Å². The summed E-state index contributed by atoms with van der Waals surface area (Å²) < 4.78 is 95.9. The van der Waals surface area contributed by atoms with Crippen molar-refractivity contribution in [1.29, 1.82) is 0 Å². The third-order valence-electron chi connectivity index (χ3n) is 2.74. The van der Waals surface area contributed by atoms with Crippen LogP contribution in [0.3, 0.4) is 0 Å². The normalized spacial score (nSPS) is 23.9. The second-order valence-electron chi connectivity index (χ2n) is 4.08. The predicted molar refractivity (Wildman–Crippen MR) is 59.7 cm³/mol. The molecule has 1 aliphatic rings. The topological polar surface area (TPSA) is 40.6 Å². The van der Waals surface area contributed by atoms with E-state index in [1.807, 2.05) is 0 Å². The smallest absolute Gasteiger partial charge is 0.325 e. The van der Waals surface area contributed by atoms with Gasteiger partial charge in [-0.3, -0.25) is 0 Å². The van der Waals surface area contributed by atoms with Crippen LogP contribution in [0.4, 0.5) is 26.3 Å². The molecule has 1 heterocycles. The van der Waals surface area contributed by atoms with Crippen LogP contribution < -0.4 is 0 Å². The van der Waals surface area contributed by atoms with Gasteiger partial charge in [-0.15, -0.1) is 0 Å². The first-order valence-corrected chi connectivity index (χ1v) is 6.89. The quantitative estimate of drug-likeness (QED) is 0.448. The van der Waals surface area contributed by atoms with Crippen molar-refractivity contribution in [2.45, 2.75) is 18.7 Å². The fraction of sp³-hybridized carbons (Fsp3) is 0.556. The van der Waals surface area contributed by atoms with Crippen LogP contribution >= 0.6 is 0 Å². The van der Waals surface area contributed by atoms with E-state index in [4.69, 9.17) is 0 Å². The summed E-state index contributed by atoms with van der Waals surface area (Å²) in [5.41, 5.74) is -6.09. The highest BCUT2D eigenvalue weighted by Crippen LogP contribution is 2.41. The van der Waals surface area contributed by atoms with Crippen molar-refractivity contribution in [3.05, 3.63) is 25.2 Å². The third kappa shape index (κ3) is 3.01. The molecule has 0 radical (unpaired) electrons. The second kappa shape index (κ2) is 5.18. The minimum absolute atomic E-state index is 0.183. The SMILES string of the molecule is C=C[N+]1(N(C(F)(F)F)S(=O)(=O)C(F)(F)F)C=CN(CC)C1. The van der Waals surface area contributed by atoms with Crippen LogP contribution in [-0.4, -0.2) is 47.3 Å². The molecule has 12 heteroatoms. The van der Waals surface area contributed by atoms with E-state index in [1.165, 1.54) is 4.90 Å². The number of alkyl halides is 6. The molecule has 0 saturated heterocycles. The zero-order chi connectivity index (χ0) is 16.7. The number of rotatable bonds is 4. The van der Waals surface area contributed by atoms with Gasteiger partial charge in [-0.2, -0.15) is 39.4 Å². The van der Waals surface area contributed by atoms with Crippen LogP contribution in [0.2, 0.25) is 0 Å². The molecular formula is C9H12F6N3O2S+. The molecule has 0 aromatic carbocycles. The second-order valence-corrected chi connectivity index (χ2v) is 5.83. The van der Waals surface area contributed by atoms with Crippen molar-refractivity contribution in [1.82, 2.24) is 9.31 Å². The van der Waals surface area contributed by atoms with Crippen molar-refractivity contribution in [2.75, 3.05) is 13.2 Å². The number of hydrogen-bond donors (Lipinski definition) is 0.